The number of halogens is 1. The summed E-state index contributed by atoms with van der Waals surface area (Å²) in [6.45, 7) is 0.464. The standard InChI is InChI=1S/C21H20ClN3O4/c1-29-19-13-18(25-10-2-3-11-25)17(22)12-16(19)21(28)24-9-8-23-20(27)14-4-6-15(26)7-5-14/h2-7,10-13,26H,8-9H2,1H3,(H,23,27)(H,24,28). The molecule has 2 aromatic carbocycles. The average molecular weight is 414 g/mol. The van der Waals surface area contributed by atoms with Gasteiger partial charge in [0.15, 0.2) is 0 Å². The lowest BCUT2D eigenvalue weighted by molar-refractivity contribution is 0.0926. The van der Waals surface area contributed by atoms with Gasteiger partial charge in [-0.1, -0.05) is 11.6 Å². The monoisotopic (exact) mass is 413 g/mol. The third kappa shape index (κ3) is 4.89. The number of carbonyl (C=O) groups excluding carboxylic acids is 2. The molecule has 0 aliphatic heterocycles. The number of phenols is 1. The number of aromatic hydroxyl groups is 1. The van der Waals surface area contributed by atoms with E-state index in [4.69, 9.17) is 16.3 Å². The lowest BCUT2D eigenvalue weighted by Crippen LogP contribution is -2.34. The zero-order chi connectivity index (χ0) is 20.8. The Morgan fingerprint density at radius 1 is 1.03 bits per heavy atom. The van der Waals surface area contributed by atoms with Crippen molar-refractivity contribution in [3.8, 4) is 17.2 Å². The molecule has 0 radical (unpaired) electrons. The van der Waals surface area contributed by atoms with Crippen molar-refractivity contribution in [2.75, 3.05) is 20.2 Å². The molecule has 0 bridgehead atoms. The molecular formula is C21H20ClN3O4. The summed E-state index contributed by atoms with van der Waals surface area (Å²) in [6, 6.07) is 12.9. The van der Waals surface area contributed by atoms with Crippen LogP contribution in [0.3, 0.4) is 0 Å². The molecule has 3 rings (SSSR count). The second-order valence-electron chi connectivity index (χ2n) is 6.15. The van der Waals surface area contributed by atoms with Crippen LogP contribution in [0.2, 0.25) is 5.02 Å². The lowest BCUT2D eigenvalue weighted by Gasteiger charge is -2.14. The zero-order valence-electron chi connectivity index (χ0n) is 15.7. The highest BCUT2D eigenvalue weighted by Crippen LogP contribution is 2.29. The third-order valence-electron chi connectivity index (χ3n) is 4.22. The van der Waals surface area contributed by atoms with E-state index in [1.54, 1.807) is 12.1 Å². The topological polar surface area (TPSA) is 92.6 Å². The zero-order valence-corrected chi connectivity index (χ0v) is 16.4. The molecule has 2 amide bonds. The summed E-state index contributed by atoms with van der Waals surface area (Å²) in [5, 5.41) is 15.1. The van der Waals surface area contributed by atoms with Gasteiger partial charge in [-0.2, -0.15) is 0 Å². The highest BCUT2D eigenvalue weighted by molar-refractivity contribution is 6.33. The van der Waals surface area contributed by atoms with Crippen LogP contribution >= 0.6 is 11.6 Å². The molecule has 0 saturated heterocycles. The molecule has 3 aromatic rings. The average Bonchev–Trinajstić information content (AvgIpc) is 3.25. The Balaban J connectivity index is 1.59. The lowest BCUT2D eigenvalue weighted by atomic mass is 10.1. The Hall–Kier alpha value is -3.45. The summed E-state index contributed by atoms with van der Waals surface area (Å²) in [5.41, 5.74) is 1.42. The van der Waals surface area contributed by atoms with E-state index in [1.165, 1.54) is 31.4 Å². The number of phenolic OH excluding ortho intramolecular Hbond substituents is 1. The van der Waals surface area contributed by atoms with Crippen LogP contribution in [0.25, 0.3) is 5.69 Å². The van der Waals surface area contributed by atoms with Gasteiger partial charge in [-0.05, 0) is 42.5 Å². The first-order chi connectivity index (χ1) is 14.0. The predicted molar refractivity (Wildman–Crippen MR) is 110 cm³/mol. The van der Waals surface area contributed by atoms with E-state index < -0.39 is 0 Å². The molecule has 0 saturated carbocycles. The Morgan fingerprint density at radius 2 is 1.66 bits per heavy atom. The molecule has 3 N–H and O–H groups in total. The smallest absolute Gasteiger partial charge is 0.255 e. The Bertz CT molecular complexity index is 1000. The molecule has 150 valence electrons. The normalized spacial score (nSPS) is 10.4. The minimum atomic E-state index is -0.360. The summed E-state index contributed by atoms with van der Waals surface area (Å²) in [4.78, 5) is 24.6. The summed E-state index contributed by atoms with van der Waals surface area (Å²) in [5.74, 6) is -0.175. The predicted octanol–water partition coefficient (Wildman–Crippen LogP) is 3.00. The number of nitrogens with zero attached hydrogens (tertiary/aromatic N) is 1. The van der Waals surface area contributed by atoms with Crippen molar-refractivity contribution in [3.63, 3.8) is 0 Å². The second kappa shape index (κ2) is 9.16. The first kappa shape index (κ1) is 20.3. The van der Waals surface area contributed by atoms with Crippen molar-refractivity contribution < 1.29 is 19.4 Å². The van der Waals surface area contributed by atoms with Crippen molar-refractivity contribution in [3.05, 3.63) is 77.1 Å². The van der Waals surface area contributed by atoms with Crippen molar-refractivity contribution >= 4 is 23.4 Å². The van der Waals surface area contributed by atoms with E-state index in [-0.39, 0.29) is 30.7 Å². The SMILES string of the molecule is COc1cc(-n2cccc2)c(Cl)cc1C(=O)NCCNC(=O)c1ccc(O)cc1. The van der Waals surface area contributed by atoms with Crippen LogP contribution in [-0.4, -0.2) is 41.7 Å². The number of nitrogens with one attached hydrogen (secondary N) is 2. The maximum atomic E-state index is 12.5. The van der Waals surface area contributed by atoms with Crippen molar-refractivity contribution in [2.24, 2.45) is 0 Å². The molecule has 0 unspecified atom stereocenters. The number of ether oxygens (including phenoxy) is 1. The van der Waals surface area contributed by atoms with E-state index >= 15 is 0 Å². The Kier molecular flexibility index (Phi) is 6.41. The largest absolute Gasteiger partial charge is 0.508 e. The van der Waals surface area contributed by atoms with E-state index in [0.717, 1.165) is 0 Å². The van der Waals surface area contributed by atoms with Crippen LogP contribution in [0, 0.1) is 0 Å². The molecule has 1 heterocycles. The van der Waals surface area contributed by atoms with Gasteiger partial charge in [-0.3, -0.25) is 9.59 Å². The Morgan fingerprint density at radius 3 is 2.28 bits per heavy atom. The summed E-state index contributed by atoms with van der Waals surface area (Å²) in [6.07, 6.45) is 3.69. The fraction of sp³-hybridized carbons (Fsp3) is 0.143. The third-order valence-corrected chi connectivity index (χ3v) is 4.52. The number of methoxy groups -OCH3 is 1. The van der Waals surface area contributed by atoms with Crippen LogP contribution in [0.4, 0.5) is 0 Å². The van der Waals surface area contributed by atoms with Gasteiger partial charge in [0.1, 0.15) is 11.5 Å². The van der Waals surface area contributed by atoms with Crippen molar-refractivity contribution in [1.82, 2.24) is 15.2 Å². The number of hydrogen-bond donors (Lipinski definition) is 3. The quantitative estimate of drug-likeness (QED) is 0.519. The van der Waals surface area contributed by atoms with Gasteiger partial charge in [0.05, 0.1) is 23.4 Å². The van der Waals surface area contributed by atoms with Crippen LogP contribution < -0.4 is 15.4 Å². The van der Waals surface area contributed by atoms with Gasteiger partial charge in [0.25, 0.3) is 11.8 Å². The van der Waals surface area contributed by atoms with E-state index in [1.807, 2.05) is 29.1 Å². The molecule has 0 spiro atoms. The van der Waals surface area contributed by atoms with Gasteiger partial charge in [-0.15, -0.1) is 0 Å². The maximum Gasteiger partial charge on any atom is 0.255 e. The first-order valence-electron chi connectivity index (χ1n) is 8.86. The Labute approximate surface area is 172 Å². The number of hydrogen-bond acceptors (Lipinski definition) is 4. The number of benzene rings is 2. The number of rotatable bonds is 7. The van der Waals surface area contributed by atoms with Crippen LogP contribution in [0.1, 0.15) is 20.7 Å². The summed E-state index contributed by atoms with van der Waals surface area (Å²) >= 11 is 6.34. The summed E-state index contributed by atoms with van der Waals surface area (Å²) < 4.78 is 7.17. The highest BCUT2D eigenvalue weighted by atomic mass is 35.5. The molecule has 1 aromatic heterocycles. The molecule has 7 nitrogen and oxygen atoms in total. The van der Waals surface area contributed by atoms with Crippen molar-refractivity contribution in [2.45, 2.75) is 0 Å². The van der Waals surface area contributed by atoms with Gasteiger partial charge in [0.2, 0.25) is 0 Å². The van der Waals surface area contributed by atoms with E-state index in [9.17, 15) is 14.7 Å². The second-order valence-corrected chi connectivity index (χ2v) is 6.56. The fourth-order valence-electron chi connectivity index (χ4n) is 2.74. The van der Waals surface area contributed by atoms with Gasteiger partial charge in [-0.25, -0.2) is 0 Å². The molecule has 0 aliphatic carbocycles. The van der Waals surface area contributed by atoms with Gasteiger partial charge in [0, 0.05) is 37.1 Å². The highest BCUT2D eigenvalue weighted by Gasteiger charge is 2.16. The maximum absolute atomic E-state index is 12.5. The minimum Gasteiger partial charge on any atom is -0.508 e. The molecule has 0 aliphatic rings. The fourth-order valence-corrected chi connectivity index (χ4v) is 3.01. The molecule has 0 atom stereocenters. The number of carbonyl (C=O) groups is 2. The number of aromatic nitrogens is 1. The van der Waals surface area contributed by atoms with E-state index in [0.29, 0.717) is 27.6 Å². The van der Waals surface area contributed by atoms with Crippen LogP contribution in [0.15, 0.2) is 60.9 Å². The molecular weight excluding hydrogens is 394 g/mol. The number of amides is 2. The molecule has 29 heavy (non-hydrogen) atoms. The minimum absolute atomic E-state index is 0.0872. The van der Waals surface area contributed by atoms with E-state index in [2.05, 4.69) is 10.6 Å². The van der Waals surface area contributed by atoms with Gasteiger partial charge < -0.3 is 25.0 Å². The van der Waals surface area contributed by atoms with Gasteiger partial charge >= 0.3 is 0 Å². The molecule has 8 heteroatoms. The first-order valence-corrected chi connectivity index (χ1v) is 9.23. The molecule has 0 fully saturated rings. The van der Waals surface area contributed by atoms with Crippen LogP contribution in [0.5, 0.6) is 11.5 Å². The van der Waals surface area contributed by atoms with Crippen LogP contribution in [-0.2, 0) is 0 Å². The summed E-state index contributed by atoms with van der Waals surface area (Å²) in [7, 11) is 1.48. The van der Waals surface area contributed by atoms with Crippen molar-refractivity contribution in [1.29, 1.82) is 0 Å².